The molecule has 2 rings (SSSR count). The molecule has 0 amide bonds. The van der Waals surface area contributed by atoms with Crippen LogP contribution < -0.4 is 4.72 Å². The Morgan fingerprint density at radius 1 is 1.20 bits per heavy atom. The second-order valence-electron chi connectivity index (χ2n) is 4.20. The lowest BCUT2D eigenvalue weighted by Gasteiger charge is -2.09. The Labute approximate surface area is 126 Å². The van der Waals surface area contributed by atoms with Gasteiger partial charge in [-0.15, -0.1) is 0 Å². The zero-order valence-corrected chi connectivity index (χ0v) is 13.0. The van der Waals surface area contributed by atoms with E-state index in [0.29, 0.717) is 16.8 Å². The van der Waals surface area contributed by atoms with Crippen molar-refractivity contribution in [2.75, 3.05) is 4.72 Å². The van der Waals surface area contributed by atoms with Gasteiger partial charge in [0.15, 0.2) is 0 Å². The van der Waals surface area contributed by atoms with Crippen LogP contribution in [0.1, 0.15) is 11.1 Å². The average Bonchev–Trinajstić information content (AvgIpc) is 2.38. The maximum Gasteiger partial charge on any atom is 0.261 e. The summed E-state index contributed by atoms with van der Waals surface area (Å²) in [5.74, 6) is 0. The van der Waals surface area contributed by atoms with Gasteiger partial charge >= 0.3 is 0 Å². The third-order valence-electron chi connectivity index (χ3n) is 2.71. The lowest BCUT2D eigenvalue weighted by molar-refractivity contribution is 0.601. The van der Waals surface area contributed by atoms with Crippen LogP contribution in [0.25, 0.3) is 0 Å². The molecule has 0 saturated carbocycles. The summed E-state index contributed by atoms with van der Waals surface area (Å²) in [6.45, 7) is 1.71. The molecule has 0 saturated heterocycles. The highest BCUT2D eigenvalue weighted by atomic mass is 79.9. The first-order valence-electron chi connectivity index (χ1n) is 5.71. The molecule has 1 N–H and O–H groups in total. The monoisotopic (exact) mass is 350 g/mol. The first-order chi connectivity index (χ1) is 9.42. The molecule has 0 unspecified atom stereocenters. The Morgan fingerprint density at radius 3 is 2.55 bits per heavy atom. The predicted molar refractivity (Wildman–Crippen MR) is 80.8 cm³/mol. The Bertz CT molecular complexity index is 795. The summed E-state index contributed by atoms with van der Waals surface area (Å²) < 4.78 is 27.8. The van der Waals surface area contributed by atoms with Gasteiger partial charge < -0.3 is 0 Å². The van der Waals surface area contributed by atoms with E-state index < -0.39 is 10.0 Å². The van der Waals surface area contributed by atoms with Crippen molar-refractivity contribution in [3.8, 4) is 6.07 Å². The SMILES string of the molecule is Cc1cc(S(=O)(=O)Nc2cccc(Br)c2)ccc1C#N. The van der Waals surface area contributed by atoms with Gasteiger partial charge in [0, 0.05) is 10.2 Å². The van der Waals surface area contributed by atoms with E-state index >= 15 is 0 Å². The summed E-state index contributed by atoms with van der Waals surface area (Å²) in [6.07, 6.45) is 0. The maximum atomic E-state index is 12.3. The Kier molecular flexibility index (Phi) is 4.12. The van der Waals surface area contributed by atoms with Crippen molar-refractivity contribution >= 4 is 31.6 Å². The van der Waals surface area contributed by atoms with Crippen molar-refractivity contribution in [1.29, 1.82) is 5.26 Å². The van der Waals surface area contributed by atoms with E-state index in [1.807, 2.05) is 12.1 Å². The molecular weight excluding hydrogens is 340 g/mol. The van der Waals surface area contributed by atoms with Crippen LogP contribution in [0.4, 0.5) is 5.69 Å². The Hall–Kier alpha value is -1.84. The van der Waals surface area contributed by atoms with E-state index in [-0.39, 0.29) is 4.90 Å². The summed E-state index contributed by atoms with van der Waals surface area (Å²) in [5.41, 5.74) is 1.57. The van der Waals surface area contributed by atoms with E-state index in [2.05, 4.69) is 20.7 Å². The third-order valence-corrected chi connectivity index (χ3v) is 4.58. The fourth-order valence-corrected chi connectivity index (χ4v) is 3.23. The Balaban J connectivity index is 2.36. The van der Waals surface area contributed by atoms with Crippen LogP contribution in [0.2, 0.25) is 0 Å². The third kappa shape index (κ3) is 3.18. The van der Waals surface area contributed by atoms with E-state index in [4.69, 9.17) is 5.26 Å². The average molecular weight is 351 g/mol. The quantitative estimate of drug-likeness (QED) is 0.921. The van der Waals surface area contributed by atoms with Crippen molar-refractivity contribution in [3.63, 3.8) is 0 Å². The lowest BCUT2D eigenvalue weighted by Crippen LogP contribution is -2.13. The van der Waals surface area contributed by atoms with Gasteiger partial charge in [-0.3, -0.25) is 4.72 Å². The molecule has 0 aliphatic heterocycles. The van der Waals surface area contributed by atoms with Gasteiger partial charge in [-0.2, -0.15) is 5.26 Å². The molecule has 2 aromatic carbocycles. The number of sulfonamides is 1. The fraction of sp³-hybridized carbons (Fsp3) is 0.0714. The molecule has 0 aliphatic rings. The predicted octanol–water partition coefficient (Wildman–Crippen LogP) is 3.43. The smallest absolute Gasteiger partial charge is 0.261 e. The minimum atomic E-state index is -3.66. The summed E-state index contributed by atoms with van der Waals surface area (Å²) in [5, 5.41) is 8.86. The maximum absolute atomic E-state index is 12.3. The molecule has 0 spiro atoms. The van der Waals surface area contributed by atoms with Gasteiger partial charge in [-0.05, 0) is 48.9 Å². The second kappa shape index (κ2) is 5.65. The van der Waals surface area contributed by atoms with E-state index in [1.165, 1.54) is 18.2 Å². The van der Waals surface area contributed by atoms with E-state index in [1.54, 1.807) is 25.1 Å². The minimum Gasteiger partial charge on any atom is -0.280 e. The molecule has 4 nitrogen and oxygen atoms in total. The number of rotatable bonds is 3. The molecule has 0 aromatic heterocycles. The molecule has 2 aromatic rings. The lowest BCUT2D eigenvalue weighted by atomic mass is 10.1. The largest absolute Gasteiger partial charge is 0.280 e. The van der Waals surface area contributed by atoms with Crippen LogP contribution in [0, 0.1) is 18.3 Å². The summed E-state index contributed by atoms with van der Waals surface area (Å²) in [4.78, 5) is 0.133. The van der Waals surface area contributed by atoms with Gasteiger partial charge in [0.05, 0.1) is 16.5 Å². The fourth-order valence-electron chi connectivity index (χ4n) is 1.69. The molecule has 0 fully saturated rings. The molecule has 0 heterocycles. The van der Waals surface area contributed by atoms with Crippen molar-refractivity contribution in [1.82, 2.24) is 0 Å². The normalized spacial score (nSPS) is 10.8. The van der Waals surface area contributed by atoms with Crippen LogP contribution in [0.3, 0.4) is 0 Å². The first-order valence-corrected chi connectivity index (χ1v) is 7.99. The molecule has 0 radical (unpaired) electrons. The number of nitrogens with zero attached hydrogens (tertiary/aromatic N) is 1. The van der Waals surface area contributed by atoms with Crippen molar-refractivity contribution < 1.29 is 8.42 Å². The van der Waals surface area contributed by atoms with Crippen LogP contribution in [0.15, 0.2) is 51.8 Å². The van der Waals surface area contributed by atoms with E-state index in [9.17, 15) is 8.42 Å². The molecule has 0 aliphatic carbocycles. The number of nitrogens with one attached hydrogen (secondary N) is 1. The van der Waals surface area contributed by atoms with Crippen LogP contribution >= 0.6 is 15.9 Å². The number of nitriles is 1. The Morgan fingerprint density at radius 2 is 1.95 bits per heavy atom. The number of hydrogen-bond acceptors (Lipinski definition) is 3. The summed E-state index contributed by atoms with van der Waals surface area (Å²) >= 11 is 3.29. The van der Waals surface area contributed by atoms with Crippen LogP contribution in [0.5, 0.6) is 0 Å². The highest BCUT2D eigenvalue weighted by molar-refractivity contribution is 9.10. The first kappa shape index (κ1) is 14.6. The van der Waals surface area contributed by atoms with Gasteiger partial charge in [0.1, 0.15) is 0 Å². The molecule has 20 heavy (non-hydrogen) atoms. The van der Waals surface area contributed by atoms with Crippen LogP contribution in [-0.2, 0) is 10.0 Å². The highest BCUT2D eigenvalue weighted by Crippen LogP contribution is 2.21. The zero-order valence-electron chi connectivity index (χ0n) is 10.6. The molecule has 0 atom stereocenters. The molecule has 6 heteroatoms. The van der Waals surface area contributed by atoms with Crippen LogP contribution in [-0.4, -0.2) is 8.42 Å². The number of halogens is 1. The van der Waals surface area contributed by atoms with Gasteiger partial charge in [0.2, 0.25) is 0 Å². The topological polar surface area (TPSA) is 70.0 Å². The number of aryl methyl sites for hydroxylation is 1. The number of hydrogen-bond donors (Lipinski definition) is 1. The molecular formula is C14H11BrN2O2S. The van der Waals surface area contributed by atoms with Crippen molar-refractivity contribution in [2.24, 2.45) is 0 Å². The van der Waals surface area contributed by atoms with Gasteiger partial charge in [-0.1, -0.05) is 22.0 Å². The van der Waals surface area contributed by atoms with Gasteiger partial charge in [0.25, 0.3) is 10.0 Å². The molecule has 102 valence electrons. The summed E-state index contributed by atoms with van der Waals surface area (Å²) in [6, 6.07) is 13.3. The number of anilines is 1. The minimum absolute atomic E-state index is 0.133. The van der Waals surface area contributed by atoms with Crippen molar-refractivity contribution in [3.05, 3.63) is 58.1 Å². The second-order valence-corrected chi connectivity index (χ2v) is 6.80. The summed E-state index contributed by atoms with van der Waals surface area (Å²) in [7, 11) is -3.66. The highest BCUT2D eigenvalue weighted by Gasteiger charge is 2.15. The van der Waals surface area contributed by atoms with E-state index in [0.717, 1.165) is 4.47 Å². The number of benzene rings is 2. The van der Waals surface area contributed by atoms with Crippen molar-refractivity contribution in [2.45, 2.75) is 11.8 Å². The molecule has 0 bridgehead atoms. The zero-order chi connectivity index (χ0) is 14.8. The standard InChI is InChI=1S/C14H11BrN2O2S/c1-10-7-14(6-5-11(10)9-16)20(18,19)17-13-4-2-3-12(15)8-13/h2-8,17H,1H3. The van der Waals surface area contributed by atoms with Gasteiger partial charge in [-0.25, -0.2) is 8.42 Å².